The summed E-state index contributed by atoms with van der Waals surface area (Å²) in [6, 6.07) is 7.05. The molecule has 2 aliphatic heterocycles. The van der Waals surface area contributed by atoms with Crippen molar-refractivity contribution in [1.29, 1.82) is 0 Å². The van der Waals surface area contributed by atoms with Gasteiger partial charge in [-0.05, 0) is 44.4 Å². The molecule has 3 rings (SSSR count). The van der Waals surface area contributed by atoms with Crippen molar-refractivity contribution in [3.63, 3.8) is 0 Å². The molecule has 0 radical (unpaired) electrons. The lowest BCUT2D eigenvalue weighted by Crippen LogP contribution is -2.60. The average Bonchev–Trinajstić information content (AvgIpc) is 2.54. The molecule has 2 atom stereocenters. The van der Waals surface area contributed by atoms with E-state index in [-0.39, 0.29) is 23.8 Å². The maximum Gasteiger partial charge on any atom is 0.233 e. The summed E-state index contributed by atoms with van der Waals surface area (Å²) in [6.45, 7) is 6.66. The Morgan fingerprint density at radius 1 is 1.26 bits per heavy atom. The number of benzene rings is 1. The van der Waals surface area contributed by atoms with Gasteiger partial charge in [-0.1, -0.05) is 12.1 Å². The second-order valence-electron chi connectivity index (χ2n) is 6.88. The van der Waals surface area contributed by atoms with Gasteiger partial charge >= 0.3 is 0 Å². The van der Waals surface area contributed by atoms with Crippen molar-refractivity contribution in [1.82, 2.24) is 10.2 Å². The van der Waals surface area contributed by atoms with Gasteiger partial charge in [0.05, 0.1) is 5.41 Å². The Kier molecular flexibility index (Phi) is 4.69. The zero-order valence-electron chi connectivity index (χ0n) is 13.8. The molecule has 2 aliphatic rings. The smallest absolute Gasteiger partial charge is 0.233 e. The Morgan fingerprint density at radius 2 is 1.91 bits per heavy atom. The fraction of sp³-hybridized carbons (Fsp3) is 0.611. The Morgan fingerprint density at radius 3 is 2.52 bits per heavy atom. The van der Waals surface area contributed by atoms with E-state index in [2.05, 4.69) is 19.2 Å². The number of piperazine rings is 1. The molecule has 1 aromatic carbocycles. The highest BCUT2D eigenvalue weighted by molar-refractivity contribution is 5.88. The fourth-order valence-corrected chi connectivity index (χ4v) is 3.93. The van der Waals surface area contributed by atoms with Crippen LogP contribution in [0.5, 0.6) is 0 Å². The first-order valence-corrected chi connectivity index (χ1v) is 8.40. The third-order valence-corrected chi connectivity index (χ3v) is 4.98. The number of carbonyl (C=O) groups is 1. The van der Waals surface area contributed by atoms with Crippen molar-refractivity contribution in [2.75, 3.05) is 26.3 Å². The second kappa shape index (κ2) is 6.57. The molecule has 2 heterocycles. The molecule has 1 amide bonds. The van der Waals surface area contributed by atoms with Crippen LogP contribution >= 0.6 is 0 Å². The van der Waals surface area contributed by atoms with Gasteiger partial charge in [0.2, 0.25) is 5.91 Å². The van der Waals surface area contributed by atoms with E-state index in [0.29, 0.717) is 39.1 Å². The van der Waals surface area contributed by atoms with Crippen LogP contribution in [-0.2, 0) is 14.9 Å². The van der Waals surface area contributed by atoms with Crippen molar-refractivity contribution in [3.8, 4) is 0 Å². The average molecular weight is 320 g/mol. The molecule has 126 valence electrons. The number of ether oxygens (including phenoxy) is 1. The van der Waals surface area contributed by atoms with Crippen molar-refractivity contribution in [2.45, 2.75) is 44.2 Å². The molecule has 0 aromatic heterocycles. The summed E-state index contributed by atoms with van der Waals surface area (Å²) in [4.78, 5) is 15.3. The molecule has 0 spiro atoms. The van der Waals surface area contributed by atoms with Gasteiger partial charge in [0.1, 0.15) is 5.82 Å². The number of hydrogen-bond donors (Lipinski definition) is 1. The summed E-state index contributed by atoms with van der Waals surface area (Å²) in [5.41, 5.74) is 0.126. The summed E-state index contributed by atoms with van der Waals surface area (Å²) < 4.78 is 19.2. The van der Waals surface area contributed by atoms with Crippen molar-refractivity contribution < 1.29 is 13.9 Å². The molecule has 1 N–H and O–H groups in total. The number of nitrogens with zero attached hydrogens (tertiary/aromatic N) is 1. The molecule has 23 heavy (non-hydrogen) atoms. The van der Waals surface area contributed by atoms with Crippen LogP contribution in [0.2, 0.25) is 0 Å². The first-order chi connectivity index (χ1) is 11.0. The third-order valence-electron chi connectivity index (χ3n) is 4.98. The Hall–Kier alpha value is -1.46. The van der Waals surface area contributed by atoms with Gasteiger partial charge in [-0.2, -0.15) is 0 Å². The molecule has 0 bridgehead atoms. The zero-order valence-corrected chi connectivity index (χ0v) is 13.8. The monoisotopic (exact) mass is 320 g/mol. The number of halogens is 1. The fourth-order valence-electron chi connectivity index (χ4n) is 3.93. The Bertz CT molecular complexity index is 562. The first kappa shape index (κ1) is 16.4. The summed E-state index contributed by atoms with van der Waals surface area (Å²) in [5, 5.41) is 3.45. The highest BCUT2D eigenvalue weighted by atomic mass is 19.1. The van der Waals surface area contributed by atoms with Gasteiger partial charge in [-0.25, -0.2) is 4.39 Å². The van der Waals surface area contributed by atoms with Crippen molar-refractivity contribution in [2.24, 2.45) is 0 Å². The van der Waals surface area contributed by atoms with Gasteiger partial charge in [0.25, 0.3) is 0 Å². The van der Waals surface area contributed by atoms with E-state index in [0.717, 1.165) is 5.56 Å². The lowest BCUT2D eigenvalue weighted by molar-refractivity contribution is -0.143. The number of nitrogens with one attached hydrogen (secondary N) is 1. The lowest BCUT2D eigenvalue weighted by Gasteiger charge is -2.44. The lowest BCUT2D eigenvalue weighted by atomic mass is 9.72. The largest absolute Gasteiger partial charge is 0.381 e. The standard InChI is InChI=1S/C18H25FN2O2/c1-13-11-21(12-14(2)20-13)17(22)18(6-8-23-9-7-18)15-4-3-5-16(19)10-15/h3-5,10,13-14,20H,6-9,11-12H2,1-2H3/t13-,14-/m0/s1. The predicted molar refractivity (Wildman–Crippen MR) is 86.8 cm³/mol. The quantitative estimate of drug-likeness (QED) is 0.907. The van der Waals surface area contributed by atoms with E-state index in [9.17, 15) is 9.18 Å². The van der Waals surface area contributed by atoms with Gasteiger partial charge in [-0.15, -0.1) is 0 Å². The van der Waals surface area contributed by atoms with Crippen LogP contribution in [0.15, 0.2) is 24.3 Å². The molecule has 4 nitrogen and oxygen atoms in total. The van der Waals surface area contributed by atoms with E-state index in [1.165, 1.54) is 12.1 Å². The highest BCUT2D eigenvalue weighted by Gasteiger charge is 2.45. The molecule has 1 aromatic rings. The maximum atomic E-state index is 13.8. The first-order valence-electron chi connectivity index (χ1n) is 8.40. The Balaban J connectivity index is 1.94. The summed E-state index contributed by atoms with van der Waals surface area (Å²) >= 11 is 0. The molecule has 5 heteroatoms. The maximum absolute atomic E-state index is 13.8. The second-order valence-corrected chi connectivity index (χ2v) is 6.88. The third kappa shape index (κ3) is 3.26. The van der Waals surface area contributed by atoms with Crippen LogP contribution in [0, 0.1) is 5.82 Å². The predicted octanol–water partition coefficient (Wildman–Crippen LogP) is 2.08. The van der Waals surface area contributed by atoms with E-state index in [1.807, 2.05) is 11.0 Å². The highest BCUT2D eigenvalue weighted by Crippen LogP contribution is 2.37. The summed E-state index contributed by atoms with van der Waals surface area (Å²) in [5.74, 6) is -0.171. The normalized spacial score (nSPS) is 27.7. The van der Waals surface area contributed by atoms with E-state index >= 15 is 0 Å². The molecule has 0 unspecified atom stereocenters. The van der Waals surface area contributed by atoms with Crippen molar-refractivity contribution >= 4 is 5.91 Å². The minimum absolute atomic E-state index is 0.117. The molecule has 2 fully saturated rings. The van der Waals surface area contributed by atoms with Gasteiger partial charge < -0.3 is 15.0 Å². The topological polar surface area (TPSA) is 41.6 Å². The summed E-state index contributed by atoms with van der Waals surface area (Å²) in [7, 11) is 0. The molecular formula is C18H25FN2O2. The molecule has 2 saturated heterocycles. The van der Waals surface area contributed by atoms with Crippen LogP contribution in [-0.4, -0.2) is 49.2 Å². The van der Waals surface area contributed by atoms with Gasteiger partial charge in [0.15, 0.2) is 0 Å². The van der Waals surface area contributed by atoms with Crippen LogP contribution < -0.4 is 5.32 Å². The zero-order chi connectivity index (χ0) is 16.4. The molecule has 0 saturated carbocycles. The van der Waals surface area contributed by atoms with Crippen LogP contribution in [0.1, 0.15) is 32.3 Å². The number of hydrogen-bond acceptors (Lipinski definition) is 3. The van der Waals surface area contributed by atoms with E-state index < -0.39 is 5.41 Å². The SMILES string of the molecule is C[C@H]1CN(C(=O)C2(c3cccc(F)c3)CCOCC2)C[C@H](C)N1. The minimum atomic E-state index is -0.656. The van der Waals surface area contributed by atoms with Gasteiger partial charge in [-0.3, -0.25) is 4.79 Å². The number of rotatable bonds is 2. The van der Waals surface area contributed by atoms with Crippen LogP contribution in [0.4, 0.5) is 4.39 Å². The van der Waals surface area contributed by atoms with Crippen LogP contribution in [0.3, 0.4) is 0 Å². The molecular weight excluding hydrogens is 295 g/mol. The summed E-state index contributed by atoms with van der Waals surface area (Å²) in [6.07, 6.45) is 1.23. The van der Waals surface area contributed by atoms with Gasteiger partial charge in [0, 0.05) is 38.4 Å². The van der Waals surface area contributed by atoms with E-state index in [1.54, 1.807) is 6.07 Å². The number of carbonyl (C=O) groups excluding carboxylic acids is 1. The van der Waals surface area contributed by atoms with E-state index in [4.69, 9.17) is 4.74 Å². The molecule has 0 aliphatic carbocycles. The van der Waals surface area contributed by atoms with Crippen LogP contribution in [0.25, 0.3) is 0 Å². The Labute approximate surface area is 137 Å². The minimum Gasteiger partial charge on any atom is -0.381 e. The number of amides is 1. The van der Waals surface area contributed by atoms with Crippen molar-refractivity contribution in [3.05, 3.63) is 35.6 Å².